The van der Waals surface area contributed by atoms with Crippen molar-refractivity contribution >= 4 is 5.91 Å². The van der Waals surface area contributed by atoms with Crippen LogP contribution in [0.2, 0.25) is 0 Å². The van der Waals surface area contributed by atoms with Crippen LogP contribution in [-0.2, 0) is 4.79 Å². The van der Waals surface area contributed by atoms with Crippen LogP contribution in [-0.4, -0.2) is 48.6 Å². The Morgan fingerprint density at radius 3 is 2.70 bits per heavy atom. The molecule has 3 atom stereocenters. The van der Waals surface area contributed by atoms with Gasteiger partial charge in [0.15, 0.2) is 0 Å². The molecule has 116 valence electrons. The Hall–Kier alpha value is -0.610. The van der Waals surface area contributed by atoms with Crippen LogP contribution < -0.4 is 10.6 Å². The third-order valence-electron chi connectivity index (χ3n) is 4.62. The van der Waals surface area contributed by atoms with E-state index in [4.69, 9.17) is 0 Å². The highest BCUT2D eigenvalue weighted by Crippen LogP contribution is 2.21. The average Bonchev–Trinajstić information content (AvgIpc) is 3.23. The van der Waals surface area contributed by atoms with Crippen molar-refractivity contribution in [1.82, 2.24) is 15.5 Å². The molecule has 4 nitrogen and oxygen atoms in total. The van der Waals surface area contributed by atoms with Crippen molar-refractivity contribution in [3.8, 4) is 0 Å². The molecule has 2 fully saturated rings. The highest BCUT2D eigenvalue weighted by atomic mass is 16.2. The van der Waals surface area contributed by atoms with Gasteiger partial charge in [-0.2, -0.15) is 0 Å². The third kappa shape index (κ3) is 4.74. The Balaban J connectivity index is 1.74. The number of carbonyl (C=O) groups is 1. The second-order valence-electron chi connectivity index (χ2n) is 6.66. The molecule has 0 radical (unpaired) electrons. The van der Waals surface area contributed by atoms with Gasteiger partial charge in [-0.1, -0.05) is 6.92 Å². The van der Waals surface area contributed by atoms with Crippen LogP contribution in [0.5, 0.6) is 0 Å². The van der Waals surface area contributed by atoms with Crippen molar-refractivity contribution < 1.29 is 4.79 Å². The molecule has 0 bridgehead atoms. The van der Waals surface area contributed by atoms with Gasteiger partial charge in [0.1, 0.15) is 0 Å². The summed E-state index contributed by atoms with van der Waals surface area (Å²) in [7, 11) is 0. The predicted octanol–water partition coefficient (Wildman–Crippen LogP) is 1.75. The fraction of sp³-hybridized carbons (Fsp3) is 0.938. The van der Waals surface area contributed by atoms with Gasteiger partial charge in [-0.25, -0.2) is 0 Å². The minimum Gasteiger partial charge on any atom is -0.352 e. The monoisotopic (exact) mass is 281 g/mol. The Morgan fingerprint density at radius 1 is 1.30 bits per heavy atom. The molecule has 1 heterocycles. The number of piperidine rings is 1. The zero-order chi connectivity index (χ0) is 14.5. The van der Waals surface area contributed by atoms with Gasteiger partial charge in [0.05, 0.1) is 6.04 Å². The summed E-state index contributed by atoms with van der Waals surface area (Å²) in [6.07, 6.45) is 6.12. The lowest BCUT2D eigenvalue weighted by atomic mass is 9.91. The molecule has 2 aliphatic rings. The van der Waals surface area contributed by atoms with Gasteiger partial charge in [-0.05, 0) is 65.0 Å². The molecule has 1 amide bonds. The number of hydrogen-bond acceptors (Lipinski definition) is 3. The quantitative estimate of drug-likeness (QED) is 0.747. The van der Waals surface area contributed by atoms with Gasteiger partial charge in [0.25, 0.3) is 0 Å². The average molecular weight is 281 g/mol. The van der Waals surface area contributed by atoms with Crippen molar-refractivity contribution in [2.45, 2.75) is 71.0 Å². The molecule has 4 heteroatoms. The van der Waals surface area contributed by atoms with Crippen LogP contribution in [0.3, 0.4) is 0 Å². The molecule has 1 saturated heterocycles. The fourth-order valence-electron chi connectivity index (χ4n) is 3.18. The molecule has 1 saturated carbocycles. The summed E-state index contributed by atoms with van der Waals surface area (Å²) in [6.45, 7) is 10.1. The second-order valence-corrected chi connectivity index (χ2v) is 6.66. The highest BCUT2D eigenvalue weighted by molar-refractivity contribution is 5.81. The molecule has 20 heavy (non-hydrogen) atoms. The number of amides is 1. The van der Waals surface area contributed by atoms with Crippen LogP contribution >= 0.6 is 0 Å². The van der Waals surface area contributed by atoms with E-state index in [0.717, 1.165) is 12.8 Å². The van der Waals surface area contributed by atoms with Gasteiger partial charge in [0, 0.05) is 18.6 Å². The minimum atomic E-state index is -0.0767. The smallest absolute Gasteiger partial charge is 0.237 e. The summed E-state index contributed by atoms with van der Waals surface area (Å²) in [4.78, 5) is 14.6. The van der Waals surface area contributed by atoms with Crippen molar-refractivity contribution in [3.63, 3.8) is 0 Å². The molecule has 0 aromatic carbocycles. The maximum atomic E-state index is 12.0. The molecule has 3 unspecified atom stereocenters. The third-order valence-corrected chi connectivity index (χ3v) is 4.62. The van der Waals surface area contributed by atoms with Crippen molar-refractivity contribution in [1.29, 1.82) is 0 Å². The van der Waals surface area contributed by atoms with Crippen LogP contribution in [0.25, 0.3) is 0 Å². The van der Waals surface area contributed by atoms with Gasteiger partial charge in [-0.15, -0.1) is 0 Å². The molecular weight excluding hydrogens is 250 g/mol. The fourth-order valence-corrected chi connectivity index (χ4v) is 3.18. The number of likely N-dealkylation sites (tertiary alicyclic amines) is 1. The van der Waals surface area contributed by atoms with E-state index in [1.54, 1.807) is 0 Å². The summed E-state index contributed by atoms with van der Waals surface area (Å²) in [6, 6.07) is 0.790. The summed E-state index contributed by atoms with van der Waals surface area (Å²) in [5.41, 5.74) is 0. The Kier molecular flexibility index (Phi) is 5.85. The normalized spacial score (nSPS) is 27.1. The standard InChI is InChI=1S/C16H31N3O/c1-4-9-19-10-5-6-14(11-19)12(2)17-13(3)16(20)18-15-7-8-15/h12-15,17H,4-11H2,1-3H3,(H,18,20). The lowest BCUT2D eigenvalue weighted by Gasteiger charge is -2.36. The summed E-state index contributed by atoms with van der Waals surface area (Å²) >= 11 is 0. The summed E-state index contributed by atoms with van der Waals surface area (Å²) < 4.78 is 0. The number of rotatable bonds is 7. The molecule has 0 aromatic rings. The predicted molar refractivity (Wildman–Crippen MR) is 82.7 cm³/mol. The van der Waals surface area contributed by atoms with Crippen molar-refractivity contribution in [2.24, 2.45) is 5.92 Å². The first-order chi connectivity index (χ1) is 9.60. The Bertz CT molecular complexity index is 315. The van der Waals surface area contributed by atoms with E-state index < -0.39 is 0 Å². The molecule has 2 rings (SSSR count). The van der Waals surface area contributed by atoms with Crippen LogP contribution in [0, 0.1) is 5.92 Å². The molecule has 0 aromatic heterocycles. The molecule has 0 spiro atoms. The van der Waals surface area contributed by atoms with Crippen LogP contribution in [0.4, 0.5) is 0 Å². The first-order valence-electron chi connectivity index (χ1n) is 8.39. The van der Waals surface area contributed by atoms with Crippen LogP contribution in [0.1, 0.15) is 52.9 Å². The maximum Gasteiger partial charge on any atom is 0.237 e. The Labute approximate surface area is 123 Å². The summed E-state index contributed by atoms with van der Waals surface area (Å²) in [5.74, 6) is 0.840. The lowest BCUT2D eigenvalue weighted by Crippen LogP contribution is -2.51. The van der Waals surface area contributed by atoms with E-state index in [9.17, 15) is 4.79 Å². The van der Waals surface area contributed by atoms with Crippen LogP contribution in [0.15, 0.2) is 0 Å². The number of nitrogens with zero attached hydrogens (tertiary/aromatic N) is 1. The van der Waals surface area contributed by atoms with Gasteiger partial charge in [0.2, 0.25) is 5.91 Å². The van der Waals surface area contributed by atoms with E-state index in [2.05, 4.69) is 29.4 Å². The first-order valence-corrected chi connectivity index (χ1v) is 8.39. The largest absolute Gasteiger partial charge is 0.352 e. The zero-order valence-corrected chi connectivity index (χ0v) is 13.3. The van der Waals surface area contributed by atoms with Gasteiger partial charge < -0.3 is 15.5 Å². The maximum absolute atomic E-state index is 12.0. The van der Waals surface area contributed by atoms with Gasteiger partial charge in [-0.3, -0.25) is 4.79 Å². The first kappa shape index (κ1) is 15.8. The van der Waals surface area contributed by atoms with Gasteiger partial charge >= 0.3 is 0 Å². The number of carbonyl (C=O) groups excluding carboxylic acids is 1. The summed E-state index contributed by atoms with van der Waals surface area (Å²) in [5, 5.41) is 6.59. The van der Waals surface area contributed by atoms with E-state index >= 15 is 0 Å². The Morgan fingerprint density at radius 2 is 2.05 bits per heavy atom. The zero-order valence-electron chi connectivity index (χ0n) is 13.3. The van der Waals surface area contributed by atoms with Crippen molar-refractivity contribution in [2.75, 3.05) is 19.6 Å². The van der Waals surface area contributed by atoms with E-state index in [-0.39, 0.29) is 11.9 Å². The van der Waals surface area contributed by atoms with Crippen molar-refractivity contribution in [3.05, 3.63) is 0 Å². The minimum absolute atomic E-state index is 0.0767. The molecular formula is C16H31N3O. The number of nitrogens with one attached hydrogen (secondary N) is 2. The number of hydrogen-bond donors (Lipinski definition) is 2. The molecule has 2 N–H and O–H groups in total. The molecule has 1 aliphatic heterocycles. The van der Waals surface area contributed by atoms with E-state index in [1.165, 1.54) is 38.9 Å². The lowest BCUT2D eigenvalue weighted by molar-refractivity contribution is -0.123. The topological polar surface area (TPSA) is 44.4 Å². The van der Waals surface area contributed by atoms with E-state index in [0.29, 0.717) is 18.0 Å². The highest BCUT2D eigenvalue weighted by Gasteiger charge is 2.29. The SMILES string of the molecule is CCCN1CCCC(C(C)NC(C)C(=O)NC2CC2)C1. The second kappa shape index (κ2) is 7.41. The molecule has 1 aliphatic carbocycles. The van der Waals surface area contributed by atoms with E-state index in [1.807, 2.05) is 6.92 Å².